The first-order chi connectivity index (χ1) is 16.7. The zero-order valence-corrected chi connectivity index (χ0v) is 21.3. The zero-order chi connectivity index (χ0) is 25.0. The third-order valence-electron chi connectivity index (χ3n) is 5.49. The summed E-state index contributed by atoms with van der Waals surface area (Å²) in [5.41, 5.74) is 2.38. The summed E-state index contributed by atoms with van der Waals surface area (Å²) in [5.74, 6) is 1.15. The molecule has 1 N–H and O–H groups in total. The zero-order valence-electron chi connectivity index (χ0n) is 20.5. The molecule has 2 aliphatic heterocycles. The van der Waals surface area contributed by atoms with Crippen molar-refractivity contribution in [2.45, 2.75) is 46.0 Å². The molecule has 182 valence electrons. The van der Waals surface area contributed by atoms with Crippen LogP contribution in [-0.2, 0) is 10.2 Å². The molecule has 2 heterocycles. The van der Waals surface area contributed by atoms with Gasteiger partial charge in [0.15, 0.2) is 5.84 Å². The van der Waals surface area contributed by atoms with Gasteiger partial charge in [-0.05, 0) is 71.5 Å². The predicted octanol–water partition coefficient (Wildman–Crippen LogP) is 5.86. The number of ether oxygens (including phenoxy) is 2. The van der Waals surface area contributed by atoms with Gasteiger partial charge >= 0.3 is 0 Å². The summed E-state index contributed by atoms with van der Waals surface area (Å²) in [7, 11) is 0. The number of benzene rings is 2. The van der Waals surface area contributed by atoms with Crippen molar-refractivity contribution in [3.05, 3.63) is 65.2 Å². The lowest BCUT2D eigenvalue weighted by molar-refractivity contribution is -0.114. The molecule has 0 aliphatic carbocycles. The summed E-state index contributed by atoms with van der Waals surface area (Å²) in [5, 5.41) is 15.6. The Hall–Kier alpha value is -3.39. The minimum absolute atomic E-state index is 0.0478. The van der Waals surface area contributed by atoms with Crippen LogP contribution in [0.5, 0.6) is 11.5 Å². The van der Waals surface area contributed by atoms with Crippen molar-refractivity contribution < 1.29 is 14.3 Å². The van der Waals surface area contributed by atoms with E-state index in [0.29, 0.717) is 24.1 Å². The Kier molecular flexibility index (Phi) is 7.40. The van der Waals surface area contributed by atoms with Gasteiger partial charge in [0.05, 0.1) is 5.57 Å². The van der Waals surface area contributed by atoms with Gasteiger partial charge < -0.3 is 9.47 Å². The quantitative estimate of drug-likeness (QED) is 0.370. The molecule has 0 saturated carbocycles. The van der Waals surface area contributed by atoms with Crippen LogP contribution in [-0.4, -0.2) is 40.2 Å². The molecule has 2 aromatic rings. The molecule has 0 radical (unpaired) electrons. The Morgan fingerprint density at radius 2 is 1.60 bits per heavy atom. The smallest absolute Gasteiger partial charge is 0.283 e. The number of carbonyl (C=O) groups is 1. The molecule has 7 nitrogen and oxygen atoms in total. The van der Waals surface area contributed by atoms with Crippen molar-refractivity contribution in [2.24, 2.45) is 10.1 Å². The van der Waals surface area contributed by atoms with Crippen molar-refractivity contribution in [1.82, 2.24) is 5.01 Å². The molecule has 2 aliphatic rings. The highest BCUT2D eigenvalue weighted by molar-refractivity contribution is 8.26. The van der Waals surface area contributed by atoms with Crippen LogP contribution in [0, 0.1) is 5.41 Å². The molecule has 8 heteroatoms. The topological polar surface area (TPSA) is 87.3 Å². The van der Waals surface area contributed by atoms with Crippen LogP contribution in [0.25, 0.3) is 6.08 Å². The van der Waals surface area contributed by atoms with Gasteiger partial charge in [0.25, 0.3) is 5.91 Å². The number of thioether (sulfide) groups is 1. The van der Waals surface area contributed by atoms with Gasteiger partial charge in [-0.25, -0.2) is 0 Å². The van der Waals surface area contributed by atoms with Crippen LogP contribution in [0.15, 0.2) is 64.2 Å². The number of hydrazone groups is 1. The number of nitrogens with zero attached hydrogens (tertiary/aromatic N) is 3. The summed E-state index contributed by atoms with van der Waals surface area (Å²) in [6, 6.07) is 15.5. The van der Waals surface area contributed by atoms with E-state index in [9.17, 15) is 4.79 Å². The molecule has 0 atom stereocenters. The van der Waals surface area contributed by atoms with E-state index in [1.807, 2.05) is 36.4 Å². The number of carbonyl (C=O) groups excluding carboxylic acids is 1. The third kappa shape index (κ3) is 6.00. The van der Waals surface area contributed by atoms with Gasteiger partial charge in [0.1, 0.15) is 29.8 Å². The lowest BCUT2D eigenvalue weighted by Crippen LogP contribution is -2.35. The molecule has 2 aromatic carbocycles. The molecule has 0 unspecified atom stereocenters. The molecular weight excluding hydrogens is 460 g/mol. The summed E-state index contributed by atoms with van der Waals surface area (Å²) in [6.07, 6.45) is 3.41. The second kappa shape index (κ2) is 10.5. The van der Waals surface area contributed by atoms with Gasteiger partial charge in [-0.2, -0.15) is 15.1 Å². The van der Waals surface area contributed by atoms with Crippen molar-refractivity contribution in [2.75, 3.05) is 13.2 Å². The SMILES string of the molecule is CCCC1=NN2C(=N)/C(=C/c3ccc(OCCOc4ccc(C(C)(C)C)cc4)cc3)C(=O)N=C2S1. The molecular formula is C27H30N4O3S. The van der Waals surface area contributed by atoms with Crippen LogP contribution in [0.1, 0.15) is 51.7 Å². The number of amides is 1. The highest BCUT2D eigenvalue weighted by Gasteiger charge is 2.35. The van der Waals surface area contributed by atoms with Crippen molar-refractivity contribution >= 4 is 39.8 Å². The number of amidine groups is 2. The summed E-state index contributed by atoms with van der Waals surface area (Å²) in [6.45, 7) is 9.46. The van der Waals surface area contributed by atoms with E-state index < -0.39 is 5.91 Å². The third-order valence-corrected chi connectivity index (χ3v) is 6.46. The van der Waals surface area contributed by atoms with Crippen molar-refractivity contribution in [3.63, 3.8) is 0 Å². The average molecular weight is 491 g/mol. The minimum Gasteiger partial charge on any atom is -0.490 e. The van der Waals surface area contributed by atoms with Gasteiger partial charge in [-0.1, -0.05) is 52.0 Å². The first-order valence-corrected chi connectivity index (χ1v) is 12.5. The minimum atomic E-state index is -0.422. The maximum atomic E-state index is 12.5. The molecule has 0 fully saturated rings. The summed E-state index contributed by atoms with van der Waals surface area (Å²) < 4.78 is 11.6. The van der Waals surface area contributed by atoms with Gasteiger partial charge in [0.2, 0.25) is 5.17 Å². The number of aliphatic imine (C=N–C) groups is 1. The Morgan fingerprint density at radius 1 is 1.00 bits per heavy atom. The van der Waals surface area contributed by atoms with Crippen LogP contribution < -0.4 is 9.47 Å². The Labute approximate surface area is 210 Å². The molecule has 0 aromatic heterocycles. The summed E-state index contributed by atoms with van der Waals surface area (Å²) >= 11 is 1.36. The number of hydrogen-bond acceptors (Lipinski definition) is 6. The standard InChI is InChI=1S/C27H30N4O3S/c1-5-6-23-30-31-24(28)22(25(32)29-26(31)35-23)17-18-7-11-20(12-8-18)33-15-16-34-21-13-9-19(10-14-21)27(2,3)4/h7-14,17,28H,5-6,15-16H2,1-4H3/b22-17-,28-24?. The molecule has 35 heavy (non-hydrogen) atoms. The molecule has 0 saturated heterocycles. The van der Waals surface area contributed by atoms with E-state index in [1.54, 1.807) is 6.08 Å². The second-order valence-electron chi connectivity index (χ2n) is 9.30. The monoisotopic (exact) mass is 490 g/mol. The van der Waals surface area contributed by atoms with Crippen molar-refractivity contribution in [1.29, 1.82) is 5.41 Å². The molecule has 0 bridgehead atoms. The Bertz CT molecular complexity index is 1190. The Morgan fingerprint density at radius 3 is 2.17 bits per heavy atom. The van der Waals surface area contributed by atoms with Crippen LogP contribution in [0.2, 0.25) is 0 Å². The van der Waals surface area contributed by atoms with Crippen LogP contribution >= 0.6 is 11.8 Å². The number of rotatable bonds is 8. The Balaban J connectivity index is 1.31. The van der Waals surface area contributed by atoms with E-state index >= 15 is 0 Å². The largest absolute Gasteiger partial charge is 0.490 e. The predicted molar refractivity (Wildman–Crippen MR) is 142 cm³/mol. The van der Waals surface area contributed by atoms with E-state index in [-0.39, 0.29) is 16.8 Å². The lowest BCUT2D eigenvalue weighted by Gasteiger charge is -2.20. The van der Waals surface area contributed by atoms with Crippen LogP contribution in [0.3, 0.4) is 0 Å². The fourth-order valence-corrected chi connectivity index (χ4v) is 4.53. The number of fused-ring (bicyclic) bond motifs is 1. The first-order valence-electron chi connectivity index (χ1n) is 11.7. The second-order valence-corrected chi connectivity index (χ2v) is 10.3. The van der Waals surface area contributed by atoms with E-state index in [1.165, 1.54) is 22.3 Å². The molecule has 4 rings (SSSR count). The van der Waals surface area contributed by atoms with Gasteiger partial charge in [0, 0.05) is 0 Å². The lowest BCUT2D eigenvalue weighted by atomic mass is 9.87. The summed E-state index contributed by atoms with van der Waals surface area (Å²) in [4.78, 5) is 16.6. The van der Waals surface area contributed by atoms with E-state index in [4.69, 9.17) is 14.9 Å². The van der Waals surface area contributed by atoms with Gasteiger partial charge in [-0.3, -0.25) is 10.2 Å². The van der Waals surface area contributed by atoms with Crippen LogP contribution in [0.4, 0.5) is 0 Å². The van der Waals surface area contributed by atoms with Gasteiger partial charge in [-0.15, -0.1) is 0 Å². The first kappa shape index (κ1) is 24.7. The maximum Gasteiger partial charge on any atom is 0.283 e. The highest BCUT2D eigenvalue weighted by Crippen LogP contribution is 2.30. The maximum absolute atomic E-state index is 12.5. The molecule has 0 spiro atoms. The average Bonchev–Trinajstić information content (AvgIpc) is 3.23. The van der Waals surface area contributed by atoms with Crippen molar-refractivity contribution in [3.8, 4) is 11.5 Å². The normalized spacial score (nSPS) is 16.8. The fourth-order valence-electron chi connectivity index (χ4n) is 3.54. The molecule has 1 amide bonds. The number of hydrogen-bond donors (Lipinski definition) is 1. The van der Waals surface area contributed by atoms with E-state index in [0.717, 1.165) is 29.2 Å². The number of nitrogens with one attached hydrogen (secondary N) is 1. The highest BCUT2D eigenvalue weighted by atomic mass is 32.2. The fraction of sp³-hybridized carbons (Fsp3) is 0.333. The van der Waals surface area contributed by atoms with E-state index in [2.05, 4.69) is 49.9 Å².